The first-order valence-corrected chi connectivity index (χ1v) is 6.00. The number of amides is 1. The zero-order valence-electron chi connectivity index (χ0n) is 9.57. The highest BCUT2D eigenvalue weighted by atomic mass is 35.5. The van der Waals surface area contributed by atoms with E-state index in [0.29, 0.717) is 11.5 Å². The quantitative estimate of drug-likeness (QED) is 0.709. The van der Waals surface area contributed by atoms with Crippen molar-refractivity contribution in [2.24, 2.45) is 5.92 Å². The van der Waals surface area contributed by atoms with Crippen molar-refractivity contribution in [1.82, 2.24) is 4.90 Å². The first-order valence-electron chi connectivity index (χ1n) is 5.56. The molecular formula is C12H16ClNO2. The van der Waals surface area contributed by atoms with Crippen LogP contribution in [-0.4, -0.2) is 29.3 Å². The van der Waals surface area contributed by atoms with Crippen LogP contribution in [0.15, 0.2) is 16.7 Å². The minimum atomic E-state index is 0.0484. The van der Waals surface area contributed by atoms with E-state index in [1.165, 1.54) is 6.26 Å². The maximum atomic E-state index is 12.1. The summed E-state index contributed by atoms with van der Waals surface area (Å²) in [5.41, 5.74) is 0.637. The number of piperidine rings is 1. The molecule has 2 atom stereocenters. The smallest absolute Gasteiger partial charge is 0.257 e. The molecule has 0 aliphatic carbocycles. The Labute approximate surface area is 100 Å². The summed E-state index contributed by atoms with van der Waals surface area (Å²) in [5, 5.41) is 0.190. The van der Waals surface area contributed by atoms with E-state index in [-0.39, 0.29) is 11.3 Å². The van der Waals surface area contributed by atoms with Gasteiger partial charge in [0, 0.05) is 18.5 Å². The van der Waals surface area contributed by atoms with Crippen LogP contribution in [0.25, 0.3) is 0 Å². The van der Waals surface area contributed by atoms with Gasteiger partial charge in [-0.1, -0.05) is 6.92 Å². The minimum Gasteiger partial charge on any atom is -0.469 e. The summed E-state index contributed by atoms with van der Waals surface area (Å²) in [4.78, 5) is 13.9. The van der Waals surface area contributed by atoms with Crippen molar-refractivity contribution in [3.8, 4) is 0 Å². The zero-order chi connectivity index (χ0) is 11.7. The average Bonchev–Trinajstić information content (AvgIpc) is 2.68. The number of aryl methyl sites for hydroxylation is 1. The second kappa shape index (κ2) is 4.50. The third kappa shape index (κ3) is 2.24. The Bertz CT molecular complexity index is 388. The molecule has 3 nitrogen and oxygen atoms in total. The Kier molecular flexibility index (Phi) is 3.24. The van der Waals surface area contributed by atoms with Crippen LogP contribution < -0.4 is 0 Å². The summed E-state index contributed by atoms with van der Waals surface area (Å²) < 4.78 is 5.15. The number of rotatable bonds is 1. The number of alkyl halides is 1. The molecule has 0 spiro atoms. The molecular weight excluding hydrogens is 226 g/mol. The van der Waals surface area contributed by atoms with Gasteiger partial charge in [0.15, 0.2) is 0 Å². The maximum Gasteiger partial charge on any atom is 0.257 e. The van der Waals surface area contributed by atoms with E-state index in [2.05, 4.69) is 6.92 Å². The molecule has 0 radical (unpaired) electrons. The molecule has 0 bridgehead atoms. The Morgan fingerprint density at radius 1 is 1.62 bits per heavy atom. The number of hydrogen-bond acceptors (Lipinski definition) is 2. The van der Waals surface area contributed by atoms with Gasteiger partial charge in [0.2, 0.25) is 0 Å². The lowest BCUT2D eigenvalue weighted by Crippen LogP contribution is -2.43. The number of furan rings is 1. The standard InChI is InChI=1S/C12H16ClNO2/c1-8-6-14(4-3-11(8)13)12(15)10-5-9(2)16-7-10/h5,7-8,11H,3-4,6H2,1-2H3. The van der Waals surface area contributed by atoms with Crippen LogP contribution in [0.3, 0.4) is 0 Å². The van der Waals surface area contributed by atoms with Gasteiger partial charge in [-0.25, -0.2) is 0 Å². The Morgan fingerprint density at radius 3 is 2.94 bits per heavy atom. The maximum absolute atomic E-state index is 12.1. The second-order valence-corrected chi connectivity index (χ2v) is 5.04. The van der Waals surface area contributed by atoms with E-state index in [1.807, 2.05) is 11.8 Å². The van der Waals surface area contributed by atoms with Gasteiger partial charge in [0.1, 0.15) is 12.0 Å². The number of nitrogens with zero attached hydrogens (tertiary/aromatic N) is 1. The molecule has 1 fully saturated rings. The van der Waals surface area contributed by atoms with E-state index in [4.69, 9.17) is 16.0 Å². The minimum absolute atomic E-state index is 0.0484. The van der Waals surface area contributed by atoms with Gasteiger partial charge in [0.25, 0.3) is 5.91 Å². The zero-order valence-corrected chi connectivity index (χ0v) is 10.3. The molecule has 0 saturated carbocycles. The first kappa shape index (κ1) is 11.5. The van der Waals surface area contributed by atoms with Gasteiger partial charge in [-0.05, 0) is 25.3 Å². The molecule has 0 aromatic carbocycles. The predicted molar refractivity (Wildman–Crippen MR) is 62.8 cm³/mol. The van der Waals surface area contributed by atoms with E-state index in [1.54, 1.807) is 6.07 Å². The first-order chi connectivity index (χ1) is 7.58. The summed E-state index contributed by atoms with van der Waals surface area (Å²) >= 11 is 6.13. The summed E-state index contributed by atoms with van der Waals surface area (Å²) in [7, 11) is 0. The largest absolute Gasteiger partial charge is 0.469 e. The molecule has 2 unspecified atom stereocenters. The third-order valence-electron chi connectivity index (χ3n) is 3.07. The fourth-order valence-electron chi connectivity index (χ4n) is 2.04. The topological polar surface area (TPSA) is 33.5 Å². The number of carbonyl (C=O) groups is 1. The average molecular weight is 242 g/mol. The SMILES string of the molecule is Cc1cc(C(=O)N2CCC(Cl)C(C)C2)co1. The van der Waals surface area contributed by atoms with Gasteiger partial charge < -0.3 is 9.32 Å². The van der Waals surface area contributed by atoms with Crippen LogP contribution in [0.2, 0.25) is 0 Å². The third-order valence-corrected chi connectivity index (χ3v) is 3.71. The summed E-state index contributed by atoms with van der Waals surface area (Å²) in [6, 6.07) is 1.78. The molecule has 88 valence electrons. The Balaban J connectivity index is 2.06. The number of likely N-dealkylation sites (tertiary alicyclic amines) is 1. The van der Waals surface area contributed by atoms with Crippen LogP contribution in [0.4, 0.5) is 0 Å². The van der Waals surface area contributed by atoms with Crippen LogP contribution in [0.5, 0.6) is 0 Å². The lowest BCUT2D eigenvalue weighted by Gasteiger charge is -2.33. The van der Waals surface area contributed by atoms with Crippen LogP contribution >= 0.6 is 11.6 Å². The number of hydrogen-bond donors (Lipinski definition) is 0. The molecule has 2 rings (SSSR count). The van der Waals surface area contributed by atoms with Crippen molar-refractivity contribution < 1.29 is 9.21 Å². The van der Waals surface area contributed by atoms with E-state index in [9.17, 15) is 4.79 Å². The molecule has 1 saturated heterocycles. The molecule has 2 heterocycles. The van der Waals surface area contributed by atoms with Crippen LogP contribution in [-0.2, 0) is 0 Å². The lowest BCUT2D eigenvalue weighted by atomic mass is 9.99. The van der Waals surface area contributed by atoms with E-state index >= 15 is 0 Å². The molecule has 1 aromatic rings. The van der Waals surface area contributed by atoms with E-state index < -0.39 is 0 Å². The normalized spacial score (nSPS) is 25.8. The fourth-order valence-corrected chi connectivity index (χ4v) is 2.22. The molecule has 1 aromatic heterocycles. The van der Waals surface area contributed by atoms with Gasteiger partial charge >= 0.3 is 0 Å². The predicted octanol–water partition coefficient (Wildman–Crippen LogP) is 2.68. The number of halogens is 1. The summed E-state index contributed by atoms with van der Waals surface area (Å²) in [5.74, 6) is 1.17. The van der Waals surface area contributed by atoms with Gasteiger partial charge in [-0.15, -0.1) is 11.6 Å². The molecule has 1 amide bonds. The van der Waals surface area contributed by atoms with Gasteiger partial charge in [-0.3, -0.25) is 4.79 Å². The molecule has 16 heavy (non-hydrogen) atoms. The molecule has 0 N–H and O–H groups in total. The fraction of sp³-hybridized carbons (Fsp3) is 0.583. The Hall–Kier alpha value is -0.960. The molecule has 4 heteroatoms. The van der Waals surface area contributed by atoms with Crippen molar-refractivity contribution in [3.05, 3.63) is 23.7 Å². The summed E-state index contributed by atoms with van der Waals surface area (Å²) in [6.45, 7) is 5.39. The van der Waals surface area contributed by atoms with Gasteiger partial charge in [-0.2, -0.15) is 0 Å². The van der Waals surface area contributed by atoms with Crippen molar-refractivity contribution in [3.63, 3.8) is 0 Å². The number of carbonyl (C=O) groups excluding carboxylic acids is 1. The van der Waals surface area contributed by atoms with Crippen LogP contribution in [0.1, 0.15) is 29.5 Å². The van der Waals surface area contributed by atoms with Crippen molar-refractivity contribution in [1.29, 1.82) is 0 Å². The highest BCUT2D eigenvalue weighted by molar-refractivity contribution is 6.20. The van der Waals surface area contributed by atoms with Crippen molar-refractivity contribution in [2.45, 2.75) is 25.6 Å². The highest BCUT2D eigenvalue weighted by Gasteiger charge is 2.28. The van der Waals surface area contributed by atoms with Crippen LogP contribution in [0, 0.1) is 12.8 Å². The van der Waals surface area contributed by atoms with E-state index in [0.717, 1.165) is 25.3 Å². The molecule has 1 aliphatic heterocycles. The van der Waals surface area contributed by atoms with Crippen molar-refractivity contribution >= 4 is 17.5 Å². The van der Waals surface area contributed by atoms with Gasteiger partial charge in [0.05, 0.1) is 5.56 Å². The second-order valence-electron chi connectivity index (χ2n) is 4.48. The lowest BCUT2D eigenvalue weighted by molar-refractivity contribution is 0.0686. The highest BCUT2D eigenvalue weighted by Crippen LogP contribution is 2.23. The molecule has 1 aliphatic rings. The summed E-state index contributed by atoms with van der Waals surface area (Å²) in [6.07, 6.45) is 2.39. The Morgan fingerprint density at radius 2 is 2.38 bits per heavy atom. The van der Waals surface area contributed by atoms with Crippen molar-refractivity contribution in [2.75, 3.05) is 13.1 Å². The monoisotopic (exact) mass is 241 g/mol.